The van der Waals surface area contributed by atoms with Crippen molar-refractivity contribution in [2.45, 2.75) is 32.6 Å². The van der Waals surface area contributed by atoms with E-state index in [1.165, 1.54) is 12.0 Å². The Bertz CT molecular complexity index is 548. The topological polar surface area (TPSA) is 36.9 Å². The van der Waals surface area contributed by atoms with Gasteiger partial charge in [0, 0.05) is 43.1 Å². The van der Waals surface area contributed by atoms with Crippen molar-refractivity contribution >= 4 is 41.5 Å². The van der Waals surface area contributed by atoms with Crippen LogP contribution in [-0.4, -0.2) is 50.8 Å². The number of methoxy groups -OCH3 is 1. The lowest BCUT2D eigenvalue weighted by molar-refractivity contribution is 0.157. The van der Waals surface area contributed by atoms with Crippen molar-refractivity contribution in [3.05, 3.63) is 34.9 Å². The van der Waals surface area contributed by atoms with E-state index in [-0.39, 0.29) is 29.4 Å². The maximum Gasteiger partial charge on any atom is 0.193 e. The first kappa shape index (κ1) is 22.5. The van der Waals surface area contributed by atoms with E-state index in [1.54, 1.807) is 7.11 Å². The molecule has 0 saturated carbocycles. The summed E-state index contributed by atoms with van der Waals surface area (Å²) in [7, 11) is 1.77. The predicted octanol–water partition coefficient (Wildman–Crippen LogP) is 4.17. The van der Waals surface area contributed by atoms with Crippen LogP contribution in [0, 0.1) is 5.92 Å². The van der Waals surface area contributed by atoms with Gasteiger partial charge in [-0.15, -0.1) is 24.0 Å². The number of nitrogens with zero attached hydrogens (tertiary/aromatic N) is 2. The standard InChI is InChI=1S/C19H30ClN3O.HI/c1-5-21-18(23-11-10-15(12-23)13-24-4)22-14-19(2,3)16-6-8-17(20)9-7-16;/h6-9,15H,5,10-14H2,1-4H3,(H,21,22);1H. The summed E-state index contributed by atoms with van der Waals surface area (Å²) in [6.07, 6.45) is 1.17. The van der Waals surface area contributed by atoms with Gasteiger partial charge in [-0.2, -0.15) is 0 Å². The number of rotatable bonds is 6. The Morgan fingerprint density at radius 1 is 1.36 bits per heavy atom. The molecule has 2 rings (SSSR count). The van der Waals surface area contributed by atoms with Crippen LogP contribution in [0.15, 0.2) is 29.3 Å². The molecule has 1 aromatic carbocycles. The molecule has 1 N–H and O–H groups in total. The molecule has 1 aliphatic heterocycles. The highest BCUT2D eigenvalue weighted by Gasteiger charge is 2.26. The van der Waals surface area contributed by atoms with Crippen molar-refractivity contribution < 1.29 is 4.74 Å². The van der Waals surface area contributed by atoms with Crippen molar-refractivity contribution in [1.29, 1.82) is 0 Å². The van der Waals surface area contributed by atoms with Crippen molar-refractivity contribution in [1.82, 2.24) is 10.2 Å². The summed E-state index contributed by atoms with van der Waals surface area (Å²) in [6, 6.07) is 8.08. The zero-order valence-electron chi connectivity index (χ0n) is 15.7. The highest BCUT2D eigenvalue weighted by Crippen LogP contribution is 2.25. The summed E-state index contributed by atoms with van der Waals surface area (Å²) in [5, 5.41) is 4.21. The first-order valence-corrected chi connectivity index (χ1v) is 9.12. The molecule has 0 amide bonds. The maximum absolute atomic E-state index is 6.00. The molecule has 1 unspecified atom stereocenters. The van der Waals surface area contributed by atoms with Crippen LogP contribution in [0.5, 0.6) is 0 Å². The van der Waals surface area contributed by atoms with Gasteiger partial charge in [-0.05, 0) is 31.0 Å². The molecular weight excluding hydrogens is 449 g/mol. The van der Waals surface area contributed by atoms with Gasteiger partial charge in [-0.3, -0.25) is 4.99 Å². The van der Waals surface area contributed by atoms with E-state index in [0.29, 0.717) is 5.92 Å². The second-order valence-corrected chi connectivity index (χ2v) is 7.55. The average molecular weight is 480 g/mol. The zero-order chi connectivity index (χ0) is 17.6. The van der Waals surface area contributed by atoms with Crippen LogP contribution < -0.4 is 5.32 Å². The van der Waals surface area contributed by atoms with Crippen LogP contribution in [0.25, 0.3) is 0 Å². The Kier molecular flexibility index (Phi) is 9.52. The van der Waals surface area contributed by atoms with Gasteiger partial charge < -0.3 is 15.0 Å². The summed E-state index contributed by atoms with van der Waals surface area (Å²) in [4.78, 5) is 7.27. The summed E-state index contributed by atoms with van der Waals surface area (Å²) < 4.78 is 5.30. The Morgan fingerprint density at radius 2 is 2.04 bits per heavy atom. The SMILES string of the molecule is CCNC(=NCC(C)(C)c1ccc(Cl)cc1)N1CCC(COC)C1.I. The largest absolute Gasteiger partial charge is 0.384 e. The van der Waals surface area contributed by atoms with E-state index >= 15 is 0 Å². The molecule has 0 aromatic heterocycles. The van der Waals surface area contributed by atoms with E-state index in [0.717, 1.165) is 43.8 Å². The number of benzene rings is 1. The molecular formula is C19H31ClIN3O. The summed E-state index contributed by atoms with van der Waals surface area (Å²) in [5.74, 6) is 1.61. The third-order valence-corrected chi connectivity index (χ3v) is 4.82. The molecule has 1 saturated heterocycles. The van der Waals surface area contributed by atoms with Crippen molar-refractivity contribution in [3.8, 4) is 0 Å². The predicted molar refractivity (Wildman–Crippen MR) is 117 cm³/mol. The lowest BCUT2D eigenvalue weighted by Gasteiger charge is -2.26. The molecule has 4 nitrogen and oxygen atoms in total. The molecule has 1 fully saturated rings. The number of ether oxygens (including phenoxy) is 1. The lowest BCUT2D eigenvalue weighted by Crippen LogP contribution is -2.41. The summed E-state index contributed by atoms with van der Waals surface area (Å²) in [6.45, 7) is 11.1. The molecule has 1 atom stereocenters. The van der Waals surface area contributed by atoms with E-state index in [4.69, 9.17) is 21.3 Å². The number of hydrogen-bond acceptors (Lipinski definition) is 2. The van der Waals surface area contributed by atoms with Crippen molar-refractivity contribution in [2.24, 2.45) is 10.9 Å². The van der Waals surface area contributed by atoms with Gasteiger partial charge in [0.05, 0.1) is 13.2 Å². The Labute approximate surface area is 174 Å². The molecule has 0 spiro atoms. The van der Waals surface area contributed by atoms with Gasteiger partial charge in [-0.25, -0.2) is 0 Å². The average Bonchev–Trinajstić information content (AvgIpc) is 3.01. The maximum atomic E-state index is 6.00. The quantitative estimate of drug-likeness (QED) is 0.378. The van der Waals surface area contributed by atoms with E-state index in [2.05, 4.69) is 43.1 Å². The number of halogens is 2. The number of nitrogens with one attached hydrogen (secondary N) is 1. The van der Waals surface area contributed by atoms with Gasteiger partial charge in [0.25, 0.3) is 0 Å². The van der Waals surface area contributed by atoms with E-state index in [1.807, 2.05) is 12.1 Å². The Balaban J connectivity index is 0.00000312. The second-order valence-electron chi connectivity index (χ2n) is 7.12. The minimum atomic E-state index is -0.0308. The van der Waals surface area contributed by atoms with Crippen LogP contribution >= 0.6 is 35.6 Å². The van der Waals surface area contributed by atoms with Crippen LogP contribution in [-0.2, 0) is 10.2 Å². The zero-order valence-corrected chi connectivity index (χ0v) is 18.8. The molecule has 1 heterocycles. The molecule has 0 radical (unpaired) electrons. The third-order valence-electron chi connectivity index (χ3n) is 4.57. The fourth-order valence-corrected chi connectivity index (χ4v) is 3.21. The third kappa shape index (κ3) is 6.61. The monoisotopic (exact) mass is 479 g/mol. The Morgan fingerprint density at radius 3 is 2.64 bits per heavy atom. The van der Waals surface area contributed by atoms with Gasteiger partial charge >= 0.3 is 0 Å². The van der Waals surface area contributed by atoms with Gasteiger partial charge in [0.1, 0.15) is 0 Å². The molecule has 25 heavy (non-hydrogen) atoms. The fraction of sp³-hybridized carbons (Fsp3) is 0.632. The molecule has 0 bridgehead atoms. The second kappa shape index (κ2) is 10.6. The van der Waals surface area contributed by atoms with Crippen LogP contribution in [0.3, 0.4) is 0 Å². The highest BCUT2D eigenvalue weighted by molar-refractivity contribution is 14.0. The number of hydrogen-bond donors (Lipinski definition) is 1. The molecule has 1 aromatic rings. The van der Waals surface area contributed by atoms with E-state index < -0.39 is 0 Å². The van der Waals surface area contributed by atoms with Gasteiger partial charge in [0.2, 0.25) is 0 Å². The molecule has 6 heteroatoms. The van der Waals surface area contributed by atoms with Crippen LogP contribution in [0.4, 0.5) is 0 Å². The number of likely N-dealkylation sites (tertiary alicyclic amines) is 1. The minimum absolute atomic E-state index is 0. The molecule has 1 aliphatic rings. The molecule has 0 aliphatic carbocycles. The van der Waals surface area contributed by atoms with Gasteiger partial charge in [-0.1, -0.05) is 37.6 Å². The fourth-order valence-electron chi connectivity index (χ4n) is 3.09. The highest BCUT2D eigenvalue weighted by atomic mass is 127. The van der Waals surface area contributed by atoms with Crippen molar-refractivity contribution in [3.63, 3.8) is 0 Å². The minimum Gasteiger partial charge on any atom is -0.384 e. The molecule has 142 valence electrons. The number of guanidine groups is 1. The Hall–Kier alpha value is -0.530. The number of aliphatic imine (C=N–C) groups is 1. The van der Waals surface area contributed by atoms with Crippen molar-refractivity contribution in [2.75, 3.05) is 39.9 Å². The normalized spacial score (nSPS) is 18.2. The summed E-state index contributed by atoms with van der Waals surface area (Å²) in [5.41, 5.74) is 1.22. The first-order chi connectivity index (χ1) is 11.5. The van der Waals surface area contributed by atoms with Crippen LogP contribution in [0.2, 0.25) is 5.02 Å². The lowest BCUT2D eigenvalue weighted by atomic mass is 9.85. The smallest absolute Gasteiger partial charge is 0.193 e. The van der Waals surface area contributed by atoms with Gasteiger partial charge in [0.15, 0.2) is 5.96 Å². The van der Waals surface area contributed by atoms with Crippen LogP contribution in [0.1, 0.15) is 32.8 Å². The first-order valence-electron chi connectivity index (χ1n) is 8.74. The van der Waals surface area contributed by atoms with E-state index in [9.17, 15) is 0 Å². The summed E-state index contributed by atoms with van der Waals surface area (Å²) >= 11 is 6.00.